The van der Waals surface area contributed by atoms with Crippen molar-refractivity contribution in [3.8, 4) is 5.69 Å². The molecule has 3 aromatic carbocycles. The number of nitrogens with two attached hydrogens (primary N) is 1. The number of fused-ring (bicyclic) bond motifs is 2. The summed E-state index contributed by atoms with van der Waals surface area (Å²) in [5.41, 5.74) is 10.5. The Kier molecular flexibility index (Phi) is 6.72. The smallest absolute Gasteiger partial charge is 0.366 e. The predicted molar refractivity (Wildman–Crippen MR) is 148 cm³/mol. The third-order valence-electron chi connectivity index (χ3n) is 7.79. The Hall–Kier alpha value is -4.71. The number of hydrogen-bond acceptors (Lipinski definition) is 5. The van der Waals surface area contributed by atoms with E-state index >= 15 is 0 Å². The number of amides is 1. The monoisotopic (exact) mass is 577 g/mol. The number of halogens is 3. The number of nitrogens with one attached hydrogen (secondary N) is 1. The number of primary amides is 1. The third-order valence-corrected chi connectivity index (χ3v) is 7.79. The summed E-state index contributed by atoms with van der Waals surface area (Å²) in [7, 11) is 0. The van der Waals surface area contributed by atoms with Gasteiger partial charge in [0.15, 0.2) is 0 Å². The number of H-pyrrole nitrogens is 1. The third kappa shape index (κ3) is 5.32. The van der Waals surface area contributed by atoms with Crippen molar-refractivity contribution in [2.45, 2.75) is 38.4 Å². The summed E-state index contributed by atoms with van der Waals surface area (Å²) in [6.07, 6.45) is -2.36. The van der Waals surface area contributed by atoms with E-state index in [0.29, 0.717) is 35.2 Å². The highest BCUT2D eigenvalue weighted by Gasteiger charge is 2.49. The van der Waals surface area contributed by atoms with Gasteiger partial charge >= 0.3 is 12.1 Å². The van der Waals surface area contributed by atoms with E-state index in [1.165, 1.54) is 0 Å². The summed E-state index contributed by atoms with van der Waals surface area (Å²) < 4.78 is 41.0. The van der Waals surface area contributed by atoms with Crippen molar-refractivity contribution in [1.29, 1.82) is 0 Å². The molecule has 9 nitrogen and oxygen atoms in total. The Bertz CT molecular complexity index is 1800. The van der Waals surface area contributed by atoms with Crippen LogP contribution in [0.25, 0.3) is 27.6 Å². The number of piperidine rings is 1. The van der Waals surface area contributed by atoms with E-state index in [9.17, 15) is 22.8 Å². The molecule has 0 radical (unpaired) electrons. The van der Waals surface area contributed by atoms with Gasteiger partial charge in [0.05, 0.1) is 22.3 Å². The van der Waals surface area contributed by atoms with Crippen molar-refractivity contribution in [3.05, 3.63) is 89.4 Å². The number of likely N-dealkylation sites (tertiary alicyclic amines) is 1. The second-order valence-corrected chi connectivity index (χ2v) is 10.8. The van der Waals surface area contributed by atoms with Crippen molar-refractivity contribution in [2.24, 2.45) is 5.73 Å². The molecule has 2 aromatic heterocycles. The first-order valence-corrected chi connectivity index (χ1v) is 13.5. The largest absolute Gasteiger partial charge is 0.497 e. The van der Waals surface area contributed by atoms with Crippen molar-refractivity contribution in [2.75, 3.05) is 13.1 Å². The number of aryl methyl sites for hydroxylation is 1. The van der Waals surface area contributed by atoms with Gasteiger partial charge in [-0.1, -0.05) is 30.3 Å². The maximum Gasteiger partial charge on any atom is 0.497 e. The van der Waals surface area contributed by atoms with Crippen LogP contribution in [0.5, 0.6) is 0 Å². The fourth-order valence-corrected chi connectivity index (χ4v) is 5.62. The molecule has 1 saturated heterocycles. The molecule has 0 aliphatic carbocycles. The molecule has 12 heteroatoms. The standard InChI is InChI=1S/C30H27F3N6O3/c1-18-5-10-24-25(15-18)36-28(35-24)20-11-13-39(14-12-20,42-29(41)30(31,32)33)17-19-6-8-22(9-7-19)38-16-21-3-2-4-23(27(34)40)26(21)37-38/h2-10,15-16,20H,11-14,17H2,1H3,(H2-,34,35,36,40)/p+1. The highest BCUT2D eigenvalue weighted by molar-refractivity contribution is 6.04. The van der Waals surface area contributed by atoms with Gasteiger partial charge in [0.25, 0.3) is 5.91 Å². The van der Waals surface area contributed by atoms with Crippen molar-refractivity contribution in [3.63, 3.8) is 0 Å². The summed E-state index contributed by atoms with van der Waals surface area (Å²) in [6.45, 7) is 2.46. The lowest BCUT2D eigenvalue weighted by atomic mass is 9.95. The normalized spacial score (nSPS) is 19.3. The zero-order valence-electron chi connectivity index (χ0n) is 22.7. The first-order chi connectivity index (χ1) is 20.0. The lowest BCUT2D eigenvalue weighted by Gasteiger charge is -2.39. The summed E-state index contributed by atoms with van der Waals surface area (Å²) in [6, 6.07) is 18.2. The van der Waals surface area contributed by atoms with E-state index in [2.05, 4.69) is 10.1 Å². The molecule has 1 amide bonds. The molecule has 1 fully saturated rings. The van der Waals surface area contributed by atoms with Crippen LogP contribution >= 0.6 is 0 Å². The van der Waals surface area contributed by atoms with Crippen LogP contribution < -0.4 is 5.73 Å². The quantitative estimate of drug-likeness (QED) is 0.269. The number of carbonyl (C=O) groups is 2. The number of imidazole rings is 1. The van der Waals surface area contributed by atoms with Gasteiger partial charge in [-0.2, -0.15) is 18.3 Å². The Labute approximate surface area is 238 Å². The number of rotatable bonds is 6. The van der Waals surface area contributed by atoms with Crippen molar-refractivity contribution >= 4 is 33.8 Å². The van der Waals surface area contributed by atoms with Gasteiger partial charge in [-0.15, -0.1) is 4.65 Å². The van der Waals surface area contributed by atoms with Gasteiger partial charge in [0.2, 0.25) is 0 Å². The molecule has 3 N–H and O–H groups in total. The molecular formula is C30H28F3N6O3+. The van der Waals surface area contributed by atoms with Crippen LogP contribution in [0.3, 0.4) is 0 Å². The van der Waals surface area contributed by atoms with Gasteiger partial charge in [0, 0.05) is 35.9 Å². The number of hydrogen-bond donors (Lipinski definition) is 2. The summed E-state index contributed by atoms with van der Waals surface area (Å²) >= 11 is 0. The Balaban J connectivity index is 1.23. The van der Waals surface area contributed by atoms with Gasteiger partial charge < -0.3 is 10.7 Å². The second kappa shape index (κ2) is 10.3. The number of alkyl halides is 3. The molecule has 0 spiro atoms. The van der Waals surface area contributed by atoms with E-state index in [0.717, 1.165) is 27.8 Å². The number of quaternary nitrogens is 1. The minimum absolute atomic E-state index is 0.00448. The maximum atomic E-state index is 13.3. The molecule has 216 valence electrons. The van der Waals surface area contributed by atoms with E-state index in [1.807, 2.05) is 31.2 Å². The summed E-state index contributed by atoms with van der Waals surface area (Å²) in [4.78, 5) is 37.0. The minimum atomic E-state index is -5.10. The van der Waals surface area contributed by atoms with E-state index in [-0.39, 0.29) is 25.6 Å². The van der Waals surface area contributed by atoms with Crippen LogP contribution in [-0.4, -0.2) is 55.5 Å². The molecule has 1 aliphatic heterocycles. The number of aromatic amines is 1. The fourth-order valence-electron chi connectivity index (χ4n) is 5.62. The van der Waals surface area contributed by atoms with Crippen LogP contribution in [-0.2, 0) is 16.2 Å². The molecule has 0 saturated carbocycles. The van der Waals surface area contributed by atoms with Crippen LogP contribution in [0.4, 0.5) is 13.2 Å². The SMILES string of the molecule is Cc1ccc2nc(C3CC[N+](Cc4ccc(-n5cc6cccc(C(N)=O)c6n5)cc4)(OC(=O)C(F)(F)F)CC3)[nH]c2c1. The predicted octanol–water partition coefficient (Wildman–Crippen LogP) is 5.22. The van der Waals surface area contributed by atoms with E-state index in [1.54, 1.807) is 47.3 Å². The summed E-state index contributed by atoms with van der Waals surface area (Å²) in [5.74, 6) is -2.01. The van der Waals surface area contributed by atoms with Crippen molar-refractivity contribution in [1.82, 2.24) is 19.7 Å². The highest BCUT2D eigenvalue weighted by atomic mass is 19.4. The average Bonchev–Trinajstić information content (AvgIpc) is 3.57. The van der Waals surface area contributed by atoms with Crippen LogP contribution in [0, 0.1) is 6.92 Å². The van der Waals surface area contributed by atoms with Gasteiger partial charge in [-0.3, -0.25) is 9.63 Å². The molecular weight excluding hydrogens is 549 g/mol. The zero-order valence-corrected chi connectivity index (χ0v) is 22.7. The summed E-state index contributed by atoms with van der Waals surface area (Å²) in [5, 5.41) is 5.23. The number of carbonyl (C=O) groups excluding carboxylic acids is 2. The molecule has 3 heterocycles. The average molecular weight is 578 g/mol. The van der Waals surface area contributed by atoms with Gasteiger partial charge in [0.1, 0.15) is 31.0 Å². The second-order valence-electron chi connectivity index (χ2n) is 10.8. The Morgan fingerprint density at radius 1 is 1.10 bits per heavy atom. The number of benzene rings is 3. The molecule has 0 bridgehead atoms. The number of aromatic nitrogens is 4. The zero-order chi connectivity index (χ0) is 29.6. The first-order valence-electron chi connectivity index (χ1n) is 13.5. The molecule has 5 aromatic rings. The number of nitrogens with zero attached hydrogens (tertiary/aromatic N) is 4. The number of hydroxylamine groups is 3. The maximum absolute atomic E-state index is 13.3. The first kappa shape index (κ1) is 27.5. The van der Waals surface area contributed by atoms with Crippen LogP contribution in [0.15, 0.2) is 66.9 Å². The molecule has 6 rings (SSSR count). The van der Waals surface area contributed by atoms with Gasteiger partial charge in [-0.25, -0.2) is 14.5 Å². The molecule has 0 atom stereocenters. The lowest BCUT2D eigenvalue weighted by Crippen LogP contribution is -2.54. The van der Waals surface area contributed by atoms with E-state index < -0.39 is 22.7 Å². The van der Waals surface area contributed by atoms with Crippen LogP contribution in [0.2, 0.25) is 0 Å². The molecule has 0 unspecified atom stereocenters. The topological polar surface area (TPSA) is 116 Å². The fraction of sp³-hybridized carbons (Fsp3) is 0.267. The highest BCUT2D eigenvalue weighted by Crippen LogP contribution is 2.35. The minimum Gasteiger partial charge on any atom is -0.366 e. The lowest BCUT2D eigenvalue weighted by molar-refractivity contribution is -1.10. The molecule has 1 aliphatic rings. The van der Waals surface area contributed by atoms with E-state index in [4.69, 9.17) is 15.6 Å². The Morgan fingerprint density at radius 3 is 2.52 bits per heavy atom. The Morgan fingerprint density at radius 2 is 1.83 bits per heavy atom. The van der Waals surface area contributed by atoms with Gasteiger partial charge in [-0.05, 0) is 42.8 Å². The molecule has 42 heavy (non-hydrogen) atoms. The van der Waals surface area contributed by atoms with Crippen molar-refractivity contribution < 1.29 is 32.2 Å². The van der Waals surface area contributed by atoms with Crippen LogP contribution in [0.1, 0.15) is 46.1 Å².